The Morgan fingerprint density at radius 3 is 2.43 bits per heavy atom. The Morgan fingerprint density at radius 2 is 1.69 bits per heavy atom. The molecule has 1 N–H and O–H groups in total. The number of nitrogens with zero attached hydrogens (tertiary/aromatic N) is 1. The van der Waals surface area contributed by atoms with Gasteiger partial charge in [0, 0.05) is 42.5 Å². The fraction of sp³-hybridized carbons (Fsp3) is 0.276. The number of rotatable bonds is 8. The number of nitrogens with one attached hydrogen (secondary N) is 1. The highest BCUT2D eigenvalue weighted by atomic mass is 19.4. The maximum absolute atomic E-state index is 13.5. The van der Waals surface area contributed by atoms with Crippen LogP contribution in [0, 0.1) is 0 Å². The fourth-order valence-electron chi connectivity index (χ4n) is 4.61. The van der Waals surface area contributed by atoms with Gasteiger partial charge in [-0.1, -0.05) is 66.7 Å². The number of carbonyl (C=O) groups is 1. The molecule has 0 fully saturated rings. The highest BCUT2D eigenvalue weighted by Gasteiger charge is 2.32. The molecule has 0 radical (unpaired) electrons. The molecule has 1 amide bonds. The minimum absolute atomic E-state index is 0.0580. The third kappa shape index (κ3) is 5.94. The lowest BCUT2D eigenvalue weighted by atomic mass is 9.87. The summed E-state index contributed by atoms with van der Waals surface area (Å²) in [7, 11) is 1.90. The Bertz CT molecular complexity index is 1290. The van der Waals surface area contributed by atoms with Crippen molar-refractivity contribution in [3.8, 4) is 0 Å². The van der Waals surface area contributed by atoms with Crippen molar-refractivity contribution in [2.45, 2.75) is 44.3 Å². The molecule has 6 heteroatoms. The average Bonchev–Trinajstić information content (AvgIpc) is 3.18. The van der Waals surface area contributed by atoms with Gasteiger partial charge in [0.05, 0.1) is 5.56 Å². The predicted molar refractivity (Wildman–Crippen MR) is 133 cm³/mol. The Morgan fingerprint density at radius 1 is 0.971 bits per heavy atom. The molecule has 4 rings (SSSR count). The Balaban J connectivity index is 1.59. The van der Waals surface area contributed by atoms with E-state index in [1.807, 2.05) is 67.2 Å². The number of aromatic nitrogens is 1. The maximum Gasteiger partial charge on any atom is 0.416 e. The minimum Gasteiger partial charge on any atom is -0.354 e. The van der Waals surface area contributed by atoms with Crippen LogP contribution in [0.3, 0.4) is 0 Å². The number of hydrogen-bond donors (Lipinski definition) is 1. The average molecular weight is 479 g/mol. The van der Waals surface area contributed by atoms with Crippen LogP contribution in [0.1, 0.15) is 47.9 Å². The number of halogens is 3. The van der Waals surface area contributed by atoms with Crippen molar-refractivity contribution in [3.05, 3.63) is 107 Å². The lowest BCUT2D eigenvalue weighted by molar-refractivity contribution is -0.137. The highest BCUT2D eigenvalue weighted by Crippen LogP contribution is 2.37. The lowest BCUT2D eigenvalue weighted by Gasteiger charge is -2.20. The number of amides is 1. The van der Waals surface area contributed by atoms with Crippen molar-refractivity contribution < 1.29 is 18.0 Å². The van der Waals surface area contributed by atoms with Crippen molar-refractivity contribution in [2.75, 3.05) is 0 Å². The molecule has 3 aromatic carbocycles. The van der Waals surface area contributed by atoms with Crippen molar-refractivity contribution >= 4 is 16.8 Å². The van der Waals surface area contributed by atoms with Crippen LogP contribution >= 0.6 is 0 Å². The summed E-state index contributed by atoms with van der Waals surface area (Å²) in [6.45, 7) is 1.96. The number of fused-ring (bicyclic) bond motifs is 1. The Hall–Kier alpha value is -3.54. The molecule has 0 bridgehead atoms. The summed E-state index contributed by atoms with van der Waals surface area (Å²) in [5.74, 6) is -0.689. The van der Waals surface area contributed by atoms with Crippen molar-refractivity contribution in [3.63, 3.8) is 0 Å². The van der Waals surface area contributed by atoms with Crippen LogP contribution < -0.4 is 5.32 Å². The molecule has 0 aliphatic heterocycles. The molecule has 1 aromatic heterocycles. The third-order valence-electron chi connectivity index (χ3n) is 6.43. The zero-order valence-electron chi connectivity index (χ0n) is 19.8. The van der Waals surface area contributed by atoms with E-state index in [-0.39, 0.29) is 18.4 Å². The second kappa shape index (κ2) is 10.4. The predicted octanol–water partition coefficient (Wildman–Crippen LogP) is 6.86. The van der Waals surface area contributed by atoms with Crippen LogP contribution in [0.25, 0.3) is 10.9 Å². The molecule has 0 saturated heterocycles. The van der Waals surface area contributed by atoms with E-state index in [0.29, 0.717) is 5.56 Å². The molecule has 182 valence electrons. The topological polar surface area (TPSA) is 34.0 Å². The van der Waals surface area contributed by atoms with Gasteiger partial charge in [-0.15, -0.1) is 0 Å². The highest BCUT2D eigenvalue weighted by molar-refractivity contribution is 5.86. The molecular weight excluding hydrogens is 449 g/mol. The molecular formula is C29H29F3N2O. The van der Waals surface area contributed by atoms with Gasteiger partial charge in [0.1, 0.15) is 0 Å². The van der Waals surface area contributed by atoms with E-state index in [0.717, 1.165) is 35.4 Å². The summed E-state index contributed by atoms with van der Waals surface area (Å²) in [6, 6.07) is 23.1. The second-order valence-corrected chi connectivity index (χ2v) is 9.09. The molecule has 0 aliphatic rings. The van der Waals surface area contributed by atoms with Gasteiger partial charge >= 0.3 is 6.18 Å². The molecule has 3 nitrogen and oxygen atoms in total. The fourth-order valence-corrected chi connectivity index (χ4v) is 4.61. The first kappa shape index (κ1) is 24.6. The van der Waals surface area contributed by atoms with Gasteiger partial charge in [-0.05, 0) is 48.6 Å². The van der Waals surface area contributed by atoms with Crippen LogP contribution in [0.4, 0.5) is 13.2 Å². The van der Waals surface area contributed by atoms with Gasteiger partial charge in [-0.2, -0.15) is 13.2 Å². The number of alkyl halides is 3. The monoisotopic (exact) mass is 478 g/mol. The van der Waals surface area contributed by atoms with Gasteiger partial charge < -0.3 is 9.88 Å². The number of benzene rings is 3. The number of carbonyl (C=O) groups excluding carboxylic acids is 1. The first-order chi connectivity index (χ1) is 16.7. The largest absolute Gasteiger partial charge is 0.416 e. The number of para-hydroxylation sites is 1. The number of hydrogen-bond acceptors (Lipinski definition) is 1. The summed E-state index contributed by atoms with van der Waals surface area (Å²) in [6.07, 6.45) is -0.860. The lowest BCUT2D eigenvalue weighted by Crippen LogP contribution is -2.34. The Labute approximate surface area is 203 Å². The van der Waals surface area contributed by atoms with Crippen LogP contribution in [0.5, 0.6) is 0 Å². The van der Waals surface area contributed by atoms with E-state index in [4.69, 9.17) is 0 Å². The van der Waals surface area contributed by atoms with Crippen LogP contribution in [-0.2, 0) is 24.4 Å². The molecule has 2 atom stereocenters. The molecule has 0 unspecified atom stereocenters. The molecule has 4 aromatic rings. The standard InChI is InChI=1S/C29H29F3N2O/c1-20(15-16-21-9-4-3-5-10-21)33-28(35)18-25(22-11-8-12-23(17-22)29(30,31)32)26-19-34(2)27-14-7-6-13-24(26)27/h3-14,17,19-20,25H,15-16,18H2,1-2H3,(H,33,35)/t20-,25-/m1/s1. The van der Waals surface area contributed by atoms with Crippen LogP contribution in [0.2, 0.25) is 0 Å². The van der Waals surface area contributed by atoms with E-state index in [1.54, 1.807) is 6.07 Å². The molecule has 0 spiro atoms. The summed E-state index contributed by atoms with van der Waals surface area (Å²) in [4.78, 5) is 13.1. The van der Waals surface area contributed by atoms with E-state index in [9.17, 15) is 18.0 Å². The van der Waals surface area contributed by atoms with E-state index >= 15 is 0 Å². The smallest absolute Gasteiger partial charge is 0.354 e. The number of aryl methyl sites for hydroxylation is 2. The van der Waals surface area contributed by atoms with Crippen molar-refractivity contribution in [1.82, 2.24) is 9.88 Å². The van der Waals surface area contributed by atoms with E-state index in [2.05, 4.69) is 17.4 Å². The quantitative estimate of drug-likeness (QED) is 0.295. The van der Waals surface area contributed by atoms with E-state index < -0.39 is 17.7 Å². The summed E-state index contributed by atoms with van der Waals surface area (Å²) in [5.41, 5.74) is 2.77. The summed E-state index contributed by atoms with van der Waals surface area (Å²) in [5, 5.41) is 3.98. The second-order valence-electron chi connectivity index (χ2n) is 9.09. The zero-order valence-corrected chi connectivity index (χ0v) is 19.8. The van der Waals surface area contributed by atoms with Crippen LogP contribution in [0.15, 0.2) is 85.1 Å². The third-order valence-corrected chi connectivity index (χ3v) is 6.43. The van der Waals surface area contributed by atoms with Gasteiger partial charge in [0.25, 0.3) is 0 Å². The molecule has 1 heterocycles. The molecule has 0 saturated carbocycles. The Kier molecular flexibility index (Phi) is 7.29. The van der Waals surface area contributed by atoms with Gasteiger partial charge in [0.15, 0.2) is 0 Å². The summed E-state index contributed by atoms with van der Waals surface area (Å²) >= 11 is 0. The minimum atomic E-state index is -4.45. The normalized spacial score (nSPS) is 13.5. The van der Waals surface area contributed by atoms with Gasteiger partial charge in [-0.3, -0.25) is 4.79 Å². The van der Waals surface area contributed by atoms with Gasteiger partial charge in [0.2, 0.25) is 5.91 Å². The first-order valence-corrected chi connectivity index (χ1v) is 11.8. The summed E-state index contributed by atoms with van der Waals surface area (Å²) < 4.78 is 42.4. The van der Waals surface area contributed by atoms with Crippen molar-refractivity contribution in [1.29, 1.82) is 0 Å². The zero-order chi connectivity index (χ0) is 25.0. The van der Waals surface area contributed by atoms with E-state index in [1.165, 1.54) is 17.7 Å². The van der Waals surface area contributed by atoms with Crippen molar-refractivity contribution in [2.24, 2.45) is 7.05 Å². The van der Waals surface area contributed by atoms with Crippen LogP contribution in [-0.4, -0.2) is 16.5 Å². The first-order valence-electron chi connectivity index (χ1n) is 11.8. The van der Waals surface area contributed by atoms with Gasteiger partial charge in [-0.25, -0.2) is 0 Å². The molecule has 35 heavy (non-hydrogen) atoms. The molecule has 0 aliphatic carbocycles. The SMILES string of the molecule is C[C@H](CCc1ccccc1)NC(=O)C[C@H](c1cccc(C(F)(F)F)c1)c1cn(C)c2ccccc12. The maximum atomic E-state index is 13.5.